The van der Waals surface area contributed by atoms with Gasteiger partial charge < -0.3 is 10.1 Å². The van der Waals surface area contributed by atoms with Crippen molar-refractivity contribution < 1.29 is 9.53 Å². The number of aryl methyl sites for hydroxylation is 2. The Balaban J connectivity index is 1.59. The summed E-state index contributed by atoms with van der Waals surface area (Å²) in [7, 11) is 0. The first-order valence-electron chi connectivity index (χ1n) is 11.1. The molecule has 0 radical (unpaired) electrons. The van der Waals surface area contributed by atoms with Crippen LogP contribution in [-0.2, 0) is 12.8 Å². The number of fused-ring (bicyclic) bond motifs is 3. The number of nitrogens with zero attached hydrogens (tertiary/aromatic N) is 2. The summed E-state index contributed by atoms with van der Waals surface area (Å²) in [4.78, 5) is 19.4. The summed E-state index contributed by atoms with van der Waals surface area (Å²) in [6, 6.07) is 3.79. The van der Waals surface area contributed by atoms with Gasteiger partial charge in [0.15, 0.2) is 5.06 Å². The van der Waals surface area contributed by atoms with E-state index in [2.05, 4.69) is 28.5 Å². The molecule has 1 N–H and O–H groups in total. The fourth-order valence-corrected chi connectivity index (χ4v) is 6.00. The fraction of sp³-hybridized carbons (Fsp3) is 0.458. The molecule has 0 saturated heterocycles. The van der Waals surface area contributed by atoms with Crippen molar-refractivity contribution in [2.24, 2.45) is 5.92 Å². The quantitative estimate of drug-likeness (QED) is 0.379. The van der Waals surface area contributed by atoms with Crippen LogP contribution in [0.1, 0.15) is 66.0 Å². The lowest BCUT2D eigenvalue weighted by molar-refractivity contribution is 0.0950. The Bertz CT molecular complexity index is 1060. The summed E-state index contributed by atoms with van der Waals surface area (Å²) < 4.78 is 10.7. The molecule has 4 rings (SSSR count). The second kappa shape index (κ2) is 9.92. The standard InChI is InChI=1S/C24H29N3O2S2/c1-4-5-6-8-15(2)13-26-23(28)22-18-11-10-17-14-27-31-21(17)20(18)24(30-22)29-19-9-7-12-25-16(19)3/h7,9,12,14-15H,4-6,8,10-11,13H2,1-3H3,(H,26,28). The predicted octanol–water partition coefficient (Wildman–Crippen LogP) is 6.41. The molecule has 31 heavy (non-hydrogen) atoms. The van der Waals surface area contributed by atoms with Gasteiger partial charge in [-0.05, 0) is 66.9 Å². The third-order valence-electron chi connectivity index (χ3n) is 5.77. The molecule has 0 aliphatic heterocycles. The number of ether oxygens (including phenoxy) is 1. The highest BCUT2D eigenvalue weighted by Crippen LogP contribution is 2.50. The molecule has 1 amide bonds. The van der Waals surface area contributed by atoms with Gasteiger partial charge in [0.2, 0.25) is 0 Å². The Morgan fingerprint density at radius 3 is 3.00 bits per heavy atom. The number of nitrogens with one attached hydrogen (secondary N) is 1. The summed E-state index contributed by atoms with van der Waals surface area (Å²) in [5.74, 6) is 1.21. The highest BCUT2D eigenvalue weighted by atomic mass is 32.1. The zero-order valence-electron chi connectivity index (χ0n) is 18.4. The SMILES string of the molecule is CCCCCC(C)CNC(=O)c1sc(Oc2cccnc2C)c2c1CCc1cnsc1-2. The smallest absolute Gasteiger partial charge is 0.261 e. The molecule has 0 aromatic carbocycles. The number of amides is 1. The minimum absolute atomic E-state index is 0.00863. The fourth-order valence-electron chi connectivity index (χ4n) is 3.94. The second-order valence-corrected chi connectivity index (χ2v) is 10.0. The molecule has 1 unspecified atom stereocenters. The number of unbranched alkanes of at least 4 members (excludes halogenated alkanes) is 2. The van der Waals surface area contributed by atoms with Crippen LogP contribution in [-0.4, -0.2) is 21.8 Å². The lowest BCUT2D eigenvalue weighted by Gasteiger charge is -2.15. The number of aromatic nitrogens is 2. The number of hydrogen-bond donors (Lipinski definition) is 1. The molecule has 0 fully saturated rings. The number of carbonyl (C=O) groups is 1. The first kappa shape index (κ1) is 22.0. The molecule has 0 spiro atoms. The van der Waals surface area contributed by atoms with Crippen molar-refractivity contribution in [2.75, 3.05) is 6.54 Å². The largest absolute Gasteiger partial charge is 0.444 e. The summed E-state index contributed by atoms with van der Waals surface area (Å²) in [5.41, 5.74) is 4.20. The van der Waals surface area contributed by atoms with Crippen molar-refractivity contribution in [3.05, 3.63) is 46.2 Å². The number of thiophene rings is 1. The van der Waals surface area contributed by atoms with E-state index in [-0.39, 0.29) is 5.91 Å². The van der Waals surface area contributed by atoms with E-state index in [1.807, 2.05) is 25.3 Å². The summed E-state index contributed by atoms with van der Waals surface area (Å²) in [5, 5.41) is 3.94. The molecule has 5 nitrogen and oxygen atoms in total. The summed E-state index contributed by atoms with van der Waals surface area (Å²) in [6.07, 6.45) is 10.3. The van der Waals surface area contributed by atoms with E-state index in [9.17, 15) is 4.79 Å². The van der Waals surface area contributed by atoms with Gasteiger partial charge in [-0.1, -0.05) is 44.4 Å². The van der Waals surface area contributed by atoms with Crippen LogP contribution in [0.5, 0.6) is 10.8 Å². The first-order chi connectivity index (χ1) is 15.1. The van der Waals surface area contributed by atoms with Gasteiger partial charge in [-0.15, -0.1) is 0 Å². The van der Waals surface area contributed by atoms with Crippen LogP contribution in [0.4, 0.5) is 0 Å². The maximum absolute atomic E-state index is 13.2. The zero-order chi connectivity index (χ0) is 21.8. The van der Waals surface area contributed by atoms with Crippen molar-refractivity contribution in [1.29, 1.82) is 0 Å². The Morgan fingerprint density at radius 2 is 2.19 bits per heavy atom. The van der Waals surface area contributed by atoms with E-state index in [1.54, 1.807) is 6.20 Å². The molecule has 0 bridgehead atoms. The lowest BCUT2D eigenvalue weighted by atomic mass is 9.93. The van der Waals surface area contributed by atoms with Crippen LogP contribution in [0.25, 0.3) is 10.4 Å². The highest BCUT2D eigenvalue weighted by Gasteiger charge is 2.31. The van der Waals surface area contributed by atoms with Gasteiger partial charge in [0.05, 0.1) is 21.0 Å². The van der Waals surface area contributed by atoms with Gasteiger partial charge in [0.1, 0.15) is 5.75 Å². The van der Waals surface area contributed by atoms with E-state index in [0.29, 0.717) is 12.5 Å². The normalized spacial score (nSPS) is 13.4. The molecule has 164 valence electrons. The predicted molar refractivity (Wildman–Crippen MR) is 128 cm³/mol. The molecule has 0 saturated carbocycles. The molecule has 1 atom stereocenters. The van der Waals surface area contributed by atoms with Crippen LogP contribution >= 0.6 is 22.9 Å². The van der Waals surface area contributed by atoms with Crippen LogP contribution in [0.15, 0.2) is 24.5 Å². The number of carbonyl (C=O) groups excluding carboxylic acids is 1. The molecule has 3 heterocycles. The highest BCUT2D eigenvalue weighted by molar-refractivity contribution is 7.17. The number of hydrogen-bond acceptors (Lipinski definition) is 6. The van der Waals surface area contributed by atoms with Crippen molar-refractivity contribution >= 4 is 28.8 Å². The minimum atomic E-state index is 0.00863. The maximum atomic E-state index is 13.2. The van der Waals surface area contributed by atoms with Crippen molar-refractivity contribution in [3.8, 4) is 21.3 Å². The monoisotopic (exact) mass is 455 g/mol. The van der Waals surface area contributed by atoms with E-state index >= 15 is 0 Å². The van der Waals surface area contributed by atoms with Gasteiger partial charge in [-0.3, -0.25) is 9.78 Å². The molecule has 3 aromatic rings. The summed E-state index contributed by atoms with van der Waals surface area (Å²) in [6.45, 7) is 7.07. The minimum Gasteiger partial charge on any atom is -0.444 e. The Labute approximate surface area is 192 Å². The van der Waals surface area contributed by atoms with Gasteiger partial charge in [0, 0.05) is 18.9 Å². The molecule has 1 aliphatic rings. The molecule has 7 heteroatoms. The molecular weight excluding hydrogens is 426 g/mol. The van der Waals surface area contributed by atoms with Crippen molar-refractivity contribution in [3.63, 3.8) is 0 Å². The molecule has 1 aliphatic carbocycles. The van der Waals surface area contributed by atoms with Gasteiger partial charge in [-0.25, -0.2) is 4.37 Å². The van der Waals surface area contributed by atoms with E-state index in [4.69, 9.17) is 4.74 Å². The van der Waals surface area contributed by atoms with Crippen LogP contribution in [0, 0.1) is 12.8 Å². The van der Waals surface area contributed by atoms with E-state index in [1.165, 1.54) is 47.7 Å². The Morgan fingerprint density at radius 1 is 1.32 bits per heavy atom. The van der Waals surface area contributed by atoms with Crippen LogP contribution in [0.2, 0.25) is 0 Å². The second-order valence-electron chi connectivity index (χ2n) is 8.25. The Kier molecular flexibility index (Phi) is 7.02. The van der Waals surface area contributed by atoms with E-state index < -0.39 is 0 Å². The Hall–Kier alpha value is -2.25. The maximum Gasteiger partial charge on any atom is 0.261 e. The van der Waals surface area contributed by atoms with Gasteiger partial charge in [-0.2, -0.15) is 0 Å². The lowest BCUT2D eigenvalue weighted by Crippen LogP contribution is -2.28. The molecule has 3 aromatic heterocycles. The average Bonchev–Trinajstić information content (AvgIpc) is 3.38. The third-order valence-corrected chi connectivity index (χ3v) is 7.74. The topological polar surface area (TPSA) is 64.1 Å². The van der Waals surface area contributed by atoms with Crippen LogP contribution in [0.3, 0.4) is 0 Å². The summed E-state index contributed by atoms with van der Waals surface area (Å²) >= 11 is 2.92. The zero-order valence-corrected chi connectivity index (χ0v) is 20.0. The number of pyridine rings is 1. The van der Waals surface area contributed by atoms with Crippen LogP contribution < -0.4 is 10.1 Å². The third kappa shape index (κ3) is 4.83. The van der Waals surface area contributed by atoms with Crippen molar-refractivity contribution in [2.45, 2.75) is 59.3 Å². The van der Waals surface area contributed by atoms with E-state index in [0.717, 1.165) is 56.7 Å². The average molecular weight is 456 g/mol. The van der Waals surface area contributed by atoms with Gasteiger partial charge in [0.25, 0.3) is 5.91 Å². The van der Waals surface area contributed by atoms with Crippen molar-refractivity contribution in [1.82, 2.24) is 14.7 Å². The molecular formula is C24H29N3O2S2. The van der Waals surface area contributed by atoms with Gasteiger partial charge >= 0.3 is 0 Å². The first-order valence-corrected chi connectivity index (χ1v) is 12.6. The number of rotatable bonds is 9.